The van der Waals surface area contributed by atoms with Crippen LogP contribution >= 0.6 is 0 Å². The predicted molar refractivity (Wildman–Crippen MR) is 112 cm³/mol. The van der Waals surface area contributed by atoms with Crippen molar-refractivity contribution in [1.29, 1.82) is 0 Å². The average Bonchev–Trinajstić information content (AvgIpc) is 2.69. The van der Waals surface area contributed by atoms with Gasteiger partial charge in [-0.1, -0.05) is 24.8 Å². The van der Waals surface area contributed by atoms with Gasteiger partial charge in [0.05, 0.1) is 18.8 Å². The van der Waals surface area contributed by atoms with Crippen LogP contribution in [-0.4, -0.2) is 38.9 Å². The van der Waals surface area contributed by atoms with Crippen LogP contribution < -0.4 is 20.1 Å². The summed E-state index contributed by atoms with van der Waals surface area (Å²) in [7, 11) is 0. The fourth-order valence-corrected chi connectivity index (χ4v) is 2.34. The first-order valence-corrected chi connectivity index (χ1v) is 9.29. The van der Waals surface area contributed by atoms with Gasteiger partial charge in [-0.2, -0.15) is 0 Å². The quantitative estimate of drug-likeness (QED) is 0.426. The lowest BCUT2D eigenvalue weighted by molar-refractivity contribution is -0.114. The molecule has 2 N–H and O–H groups in total. The van der Waals surface area contributed by atoms with Gasteiger partial charge in [-0.05, 0) is 43.7 Å². The van der Waals surface area contributed by atoms with E-state index in [0.29, 0.717) is 43.6 Å². The largest absolute Gasteiger partial charge is 0.489 e. The summed E-state index contributed by atoms with van der Waals surface area (Å²) in [5.74, 6) is 1.20. The van der Waals surface area contributed by atoms with E-state index in [-0.39, 0.29) is 12.5 Å². The molecule has 0 saturated heterocycles. The first-order valence-electron chi connectivity index (χ1n) is 9.29. The van der Waals surface area contributed by atoms with Crippen molar-refractivity contribution in [2.75, 3.05) is 43.6 Å². The number of hydrogen-bond acceptors (Lipinski definition) is 5. The van der Waals surface area contributed by atoms with Crippen molar-refractivity contribution < 1.29 is 19.0 Å². The maximum atomic E-state index is 12.3. The summed E-state index contributed by atoms with van der Waals surface area (Å²) >= 11 is 0. The Hall–Kier alpha value is -2.99. The minimum Gasteiger partial charge on any atom is -0.489 e. The molecule has 0 aliphatic heterocycles. The summed E-state index contributed by atoms with van der Waals surface area (Å²) in [4.78, 5) is 12.3. The number of para-hydroxylation sites is 2. The molecule has 0 unspecified atom stereocenters. The molecule has 0 spiro atoms. The lowest BCUT2D eigenvalue weighted by atomic mass is 10.2. The van der Waals surface area contributed by atoms with Crippen molar-refractivity contribution in [2.45, 2.75) is 13.8 Å². The van der Waals surface area contributed by atoms with Gasteiger partial charge in [-0.15, -0.1) is 0 Å². The van der Waals surface area contributed by atoms with E-state index in [9.17, 15) is 4.79 Å². The van der Waals surface area contributed by atoms with E-state index >= 15 is 0 Å². The molecular weight excluding hydrogens is 356 g/mol. The molecule has 6 nitrogen and oxygen atoms in total. The SMILES string of the molecule is C=C(C)COc1cccc(NC(=O)CNc2ccccc2OCCOCC)c1. The van der Waals surface area contributed by atoms with Crippen molar-refractivity contribution >= 4 is 17.3 Å². The number of carbonyl (C=O) groups excluding carboxylic acids is 1. The smallest absolute Gasteiger partial charge is 0.243 e. The molecular formula is C22H28N2O4. The molecule has 2 aromatic carbocycles. The molecule has 0 aliphatic carbocycles. The summed E-state index contributed by atoms with van der Waals surface area (Å²) in [6.45, 7) is 9.84. The lowest BCUT2D eigenvalue weighted by Gasteiger charge is -2.13. The number of rotatable bonds is 12. The van der Waals surface area contributed by atoms with Crippen LogP contribution in [0, 0.1) is 0 Å². The second-order valence-corrected chi connectivity index (χ2v) is 6.22. The number of benzene rings is 2. The second kappa shape index (κ2) is 11.7. The van der Waals surface area contributed by atoms with Crippen molar-refractivity contribution in [3.8, 4) is 11.5 Å². The van der Waals surface area contributed by atoms with Gasteiger partial charge in [0.25, 0.3) is 0 Å². The first-order chi connectivity index (χ1) is 13.6. The maximum absolute atomic E-state index is 12.3. The molecule has 28 heavy (non-hydrogen) atoms. The summed E-state index contributed by atoms with van der Waals surface area (Å²) in [5.41, 5.74) is 2.36. The van der Waals surface area contributed by atoms with Gasteiger partial charge in [0.1, 0.15) is 24.7 Å². The van der Waals surface area contributed by atoms with Gasteiger partial charge in [0.2, 0.25) is 5.91 Å². The van der Waals surface area contributed by atoms with E-state index in [1.807, 2.05) is 56.3 Å². The zero-order valence-corrected chi connectivity index (χ0v) is 16.5. The molecule has 0 atom stereocenters. The lowest BCUT2D eigenvalue weighted by Crippen LogP contribution is -2.22. The molecule has 2 aromatic rings. The summed E-state index contributed by atoms with van der Waals surface area (Å²) in [6, 6.07) is 14.8. The number of nitrogens with one attached hydrogen (secondary N) is 2. The van der Waals surface area contributed by atoms with Crippen molar-refractivity contribution in [1.82, 2.24) is 0 Å². The third-order valence-corrected chi connectivity index (χ3v) is 3.62. The molecule has 0 aliphatic rings. The number of anilines is 2. The number of carbonyl (C=O) groups is 1. The molecule has 2 rings (SSSR count). The third kappa shape index (κ3) is 7.72. The van der Waals surface area contributed by atoms with E-state index in [4.69, 9.17) is 14.2 Å². The molecule has 0 bridgehead atoms. The molecule has 0 radical (unpaired) electrons. The molecule has 0 heterocycles. The monoisotopic (exact) mass is 384 g/mol. The molecule has 150 valence electrons. The van der Waals surface area contributed by atoms with Gasteiger partial charge >= 0.3 is 0 Å². The molecule has 1 amide bonds. The standard InChI is InChI=1S/C22H28N2O4/c1-4-26-12-13-27-21-11-6-5-10-20(21)23-15-22(25)24-18-8-7-9-19(14-18)28-16-17(2)3/h5-11,14,23H,2,4,12-13,15-16H2,1,3H3,(H,24,25). The summed E-state index contributed by atoms with van der Waals surface area (Å²) in [6.07, 6.45) is 0. The Balaban J connectivity index is 1.86. The Labute approximate surface area is 166 Å². The third-order valence-electron chi connectivity index (χ3n) is 3.62. The zero-order chi connectivity index (χ0) is 20.2. The normalized spacial score (nSPS) is 10.2. The highest BCUT2D eigenvalue weighted by atomic mass is 16.5. The van der Waals surface area contributed by atoms with E-state index < -0.39 is 0 Å². The highest BCUT2D eigenvalue weighted by Gasteiger charge is 2.07. The van der Waals surface area contributed by atoms with Gasteiger partial charge in [-0.25, -0.2) is 0 Å². The van der Waals surface area contributed by atoms with Gasteiger partial charge < -0.3 is 24.8 Å². The molecule has 0 saturated carbocycles. The van der Waals surface area contributed by atoms with Gasteiger partial charge in [-0.3, -0.25) is 4.79 Å². The van der Waals surface area contributed by atoms with Crippen LogP contribution in [0.15, 0.2) is 60.7 Å². The first kappa shape index (κ1) is 21.3. The number of amides is 1. The van der Waals surface area contributed by atoms with Gasteiger partial charge in [0, 0.05) is 18.4 Å². The van der Waals surface area contributed by atoms with Crippen LogP contribution in [0.1, 0.15) is 13.8 Å². The van der Waals surface area contributed by atoms with Gasteiger partial charge in [0.15, 0.2) is 0 Å². The highest BCUT2D eigenvalue weighted by molar-refractivity contribution is 5.94. The fraction of sp³-hybridized carbons (Fsp3) is 0.318. The molecule has 0 fully saturated rings. The highest BCUT2D eigenvalue weighted by Crippen LogP contribution is 2.23. The van der Waals surface area contributed by atoms with Crippen LogP contribution in [0.2, 0.25) is 0 Å². The van der Waals surface area contributed by atoms with Crippen LogP contribution in [0.3, 0.4) is 0 Å². The topological polar surface area (TPSA) is 68.8 Å². The summed E-state index contributed by atoms with van der Waals surface area (Å²) < 4.78 is 16.6. The second-order valence-electron chi connectivity index (χ2n) is 6.22. The summed E-state index contributed by atoms with van der Waals surface area (Å²) in [5, 5.41) is 5.96. The van der Waals surface area contributed by atoms with Crippen molar-refractivity contribution in [2.24, 2.45) is 0 Å². The van der Waals surface area contributed by atoms with Crippen LogP contribution in [0.5, 0.6) is 11.5 Å². The number of ether oxygens (including phenoxy) is 3. The van der Waals surface area contributed by atoms with Crippen LogP contribution in [-0.2, 0) is 9.53 Å². The van der Waals surface area contributed by atoms with E-state index in [0.717, 1.165) is 11.3 Å². The Bertz CT molecular complexity index is 777. The van der Waals surface area contributed by atoms with Crippen molar-refractivity contribution in [3.63, 3.8) is 0 Å². The number of hydrogen-bond donors (Lipinski definition) is 2. The Kier molecular flexibility index (Phi) is 8.88. The minimum absolute atomic E-state index is 0.114. The predicted octanol–water partition coefficient (Wildman–Crippen LogP) is 4.11. The van der Waals surface area contributed by atoms with Crippen LogP contribution in [0.25, 0.3) is 0 Å². The van der Waals surface area contributed by atoms with Crippen LogP contribution in [0.4, 0.5) is 11.4 Å². The zero-order valence-electron chi connectivity index (χ0n) is 16.5. The fourth-order valence-electron chi connectivity index (χ4n) is 2.34. The Morgan fingerprint density at radius 2 is 1.89 bits per heavy atom. The average molecular weight is 384 g/mol. The maximum Gasteiger partial charge on any atom is 0.243 e. The van der Waals surface area contributed by atoms with E-state index in [1.165, 1.54) is 0 Å². The molecule has 6 heteroatoms. The van der Waals surface area contributed by atoms with E-state index in [1.54, 1.807) is 6.07 Å². The Morgan fingerprint density at radius 1 is 1.07 bits per heavy atom. The Morgan fingerprint density at radius 3 is 2.68 bits per heavy atom. The molecule has 0 aromatic heterocycles. The minimum atomic E-state index is -0.166. The van der Waals surface area contributed by atoms with E-state index in [2.05, 4.69) is 17.2 Å². The van der Waals surface area contributed by atoms with Crippen molar-refractivity contribution in [3.05, 3.63) is 60.7 Å².